The zero-order valence-corrected chi connectivity index (χ0v) is 6.62. The van der Waals surface area contributed by atoms with Gasteiger partial charge >= 0.3 is 5.97 Å². The van der Waals surface area contributed by atoms with Crippen molar-refractivity contribution in [2.45, 2.75) is 6.42 Å². The molecule has 0 bridgehead atoms. The molecule has 0 spiro atoms. The highest BCUT2D eigenvalue weighted by Crippen LogP contribution is 1.97. The average molecular weight is 169 g/mol. The third-order valence-corrected chi connectivity index (χ3v) is 1.35. The second-order valence-electron chi connectivity index (χ2n) is 2.30. The Hall–Kier alpha value is -1.29. The van der Waals surface area contributed by atoms with Gasteiger partial charge in [0.15, 0.2) is 0 Å². The number of carbonyl (C=O) groups is 1. The Labute approximate surface area is 70.2 Å². The first kappa shape index (κ1) is 8.80. The first-order chi connectivity index (χ1) is 5.84. The van der Waals surface area contributed by atoms with Crippen LogP contribution in [0.1, 0.15) is 16.9 Å². The minimum Gasteiger partial charge on any atom is -0.461 e. The molecule has 0 saturated carbocycles. The van der Waals surface area contributed by atoms with Crippen LogP contribution in [0.4, 0.5) is 0 Å². The Morgan fingerprint density at radius 1 is 1.67 bits per heavy atom. The maximum atomic E-state index is 11.0. The minimum atomic E-state index is -0.381. The Kier molecular flexibility index (Phi) is 3.35. The minimum absolute atomic E-state index is 0.0397. The van der Waals surface area contributed by atoms with Gasteiger partial charge in [-0.3, -0.25) is 0 Å². The monoisotopic (exact) mass is 169 g/mol. The number of aromatic nitrogens is 1. The first-order valence-electron chi connectivity index (χ1n) is 3.76. The van der Waals surface area contributed by atoms with Crippen LogP contribution in [0.5, 0.6) is 0 Å². The van der Waals surface area contributed by atoms with Gasteiger partial charge in [-0.2, -0.15) is 0 Å². The zero-order chi connectivity index (χ0) is 8.81. The van der Waals surface area contributed by atoms with E-state index in [0.717, 1.165) is 0 Å². The normalized spacial score (nSPS) is 9.75. The summed E-state index contributed by atoms with van der Waals surface area (Å²) in [5.74, 6) is -0.381. The van der Waals surface area contributed by atoms with Crippen molar-refractivity contribution in [3.8, 4) is 0 Å². The second-order valence-corrected chi connectivity index (χ2v) is 2.30. The summed E-state index contributed by atoms with van der Waals surface area (Å²) in [6, 6.07) is 3.36. The maximum absolute atomic E-state index is 11.0. The topological polar surface area (TPSA) is 62.3 Å². The second kappa shape index (κ2) is 4.56. The lowest BCUT2D eigenvalue weighted by Crippen LogP contribution is -2.07. The van der Waals surface area contributed by atoms with E-state index in [2.05, 4.69) is 4.98 Å². The molecule has 4 nitrogen and oxygen atoms in total. The van der Waals surface area contributed by atoms with E-state index in [4.69, 9.17) is 9.84 Å². The van der Waals surface area contributed by atoms with Gasteiger partial charge in [0.05, 0.1) is 6.61 Å². The van der Waals surface area contributed by atoms with Crippen LogP contribution in [0.2, 0.25) is 0 Å². The summed E-state index contributed by atoms with van der Waals surface area (Å²) in [6.07, 6.45) is 2.13. The Balaban J connectivity index is 2.30. The molecule has 0 saturated heterocycles. The molecule has 0 aliphatic carbocycles. The standard InChI is InChI=1S/C8H11NO3/c10-5-2-6-12-8(11)7-3-1-4-9-7/h1,3-4,9-10H,2,5-6H2. The van der Waals surface area contributed by atoms with Gasteiger partial charge in [0.1, 0.15) is 5.69 Å². The summed E-state index contributed by atoms with van der Waals surface area (Å²) in [4.78, 5) is 13.8. The molecule has 12 heavy (non-hydrogen) atoms. The van der Waals surface area contributed by atoms with Crippen molar-refractivity contribution in [2.75, 3.05) is 13.2 Å². The highest BCUT2D eigenvalue weighted by molar-refractivity contribution is 5.87. The molecule has 0 aliphatic rings. The number of H-pyrrole nitrogens is 1. The van der Waals surface area contributed by atoms with Gasteiger partial charge in [0, 0.05) is 19.2 Å². The molecular formula is C8H11NO3. The summed E-state index contributed by atoms with van der Waals surface area (Å²) in [5.41, 5.74) is 0.438. The molecule has 0 unspecified atom stereocenters. The quantitative estimate of drug-likeness (QED) is 0.511. The van der Waals surface area contributed by atoms with E-state index < -0.39 is 0 Å². The SMILES string of the molecule is O=C(OCCCO)c1ccc[nH]1. The average Bonchev–Trinajstić information content (AvgIpc) is 2.56. The van der Waals surface area contributed by atoms with E-state index in [-0.39, 0.29) is 19.2 Å². The lowest BCUT2D eigenvalue weighted by molar-refractivity contribution is 0.0476. The molecule has 4 heteroatoms. The fraction of sp³-hybridized carbons (Fsp3) is 0.375. The smallest absolute Gasteiger partial charge is 0.354 e. The third-order valence-electron chi connectivity index (χ3n) is 1.35. The molecule has 0 amide bonds. The highest BCUT2D eigenvalue weighted by Gasteiger charge is 2.05. The van der Waals surface area contributed by atoms with Crippen LogP contribution in [0.25, 0.3) is 0 Å². The van der Waals surface area contributed by atoms with Crippen molar-refractivity contribution >= 4 is 5.97 Å². The number of nitrogens with one attached hydrogen (secondary N) is 1. The Morgan fingerprint density at radius 2 is 2.50 bits per heavy atom. The van der Waals surface area contributed by atoms with Crippen molar-refractivity contribution in [1.82, 2.24) is 4.98 Å². The van der Waals surface area contributed by atoms with Gasteiger partial charge < -0.3 is 14.8 Å². The molecule has 1 aromatic heterocycles. The van der Waals surface area contributed by atoms with Crippen molar-refractivity contribution in [1.29, 1.82) is 0 Å². The molecule has 1 rings (SSSR count). The van der Waals surface area contributed by atoms with Gasteiger partial charge in [-0.15, -0.1) is 0 Å². The van der Waals surface area contributed by atoms with Crippen molar-refractivity contribution < 1.29 is 14.6 Å². The van der Waals surface area contributed by atoms with Crippen LogP contribution >= 0.6 is 0 Å². The fourth-order valence-corrected chi connectivity index (χ4v) is 0.764. The molecule has 2 N–H and O–H groups in total. The molecule has 0 radical (unpaired) electrons. The van der Waals surface area contributed by atoms with Crippen LogP contribution in [0.15, 0.2) is 18.3 Å². The van der Waals surface area contributed by atoms with Crippen LogP contribution in [0, 0.1) is 0 Å². The summed E-state index contributed by atoms with van der Waals surface area (Å²) in [6.45, 7) is 0.298. The number of ether oxygens (including phenoxy) is 1. The number of aromatic amines is 1. The molecular weight excluding hydrogens is 158 g/mol. The largest absolute Gasteiger partial charge is 0.461 e. The van der Waals surface area contributed by atoms with E-state index in [0.29, 0.717) is 12.1 Å². The molecule has 0 aliphatic heterocycles. The summed E-state index contributed by atoms with van der Waals surface area (Å²) in [7, 11) is 0. The lowest BCUT2D eigenvalue weighted by Gasteiger charge is -2.00. The van der Waals surface area contributed by atoms with Crippen molar-refractivity contribution in [2.24, 2.45) is 0 Å². The fourth-order valence-electron chi connectivity index (χ4n) is 0.764. The third kappa shape index (κ3) is 2.39. The predicted molar refractivity (Wildman–Crippen MR) is 42.8 cm³/mol. The Morgan fingerprint density at radius 3 is 3.08 bits per heavy atom. The van der Waals surface area contributed by atoms with Gasteiger partial charge in [-0.25, -0.2) is 4.79 Å². The molecule has 66 valence electrons. The van der Waals surface area contributed by atoms with Crippen LogP contribution in [-0.2, 0) is 4.74 Å². The van der Waals surface area contributed by atoms with Crippen LogP contribution in [0.3, 0.4) is 0 Å². The predicted octanol–water partition coefficient (Wildman–Crippen LogP) is 0.554. The van der Waals surface area contributed by atoms with Gasteiger partial charge in [0.25, 0.3) is 0 Å². The van der Waals surface area contributed by atoms with E-state index in [9.17, 15) is 4.79 Å². The summed E-state index contributed by atoms with van der Waals surface area (Å²) < 4.78 is 4.80. The van der Waals surface area contributed by atoms with Crippen LogP contribution < -0.4 is 0 Å². The zero-order valence-electron chi connectivity index (χ0n) is 6.62. The molecule has 0 aromatic carbocycles. The van der Waals surface area contributed by atoms with Gasteiger partial charge in [0.2, 0.25) is 0 Å². The molecule has 0 atom stereocenters. The number of esters is 1. The number of carbonyl (C=O) groups excluding carboxylic acids is 1. The van der Waals surface area contributed by atoms with E-state index in [1.165, 1.54) is 0 Å². The number of hydrogen-bond acceptors (Lipinski definition) is 3. The summed E-state index contributed by atoms with van der Waals surface area (Å²) >= 11 is 0. The highest BCUT2D eigenvalue weighted by atomic mass is 16.5. The van der Waals surface area contributed by atoms with E-state index in [1.54, 1.807) is 18.3 Å². The summed E-state index contributed by atoms with van der Waals surface area (Å²) in [5, 5.41) is 8.41. The van der Waals surface area contributed by atoms with Gasteiger partial charge in [-0.1, -0.05) is 0 Å². The van der Waals surface area contributed by atoms with Crippen molar-refractivity contribution in [3.05, 3.63) is 24.0 Å². The maximum Gasteiger partial charge on any atom is 0.354 e. The Bertz CT molecular complexity index is 230. The lowest BCUT2D eigenvalue weighted by atomic mass is 10.4. The van der Waals surface area contributed by atoms with E-state index >= 15 is 0 Å². The number of hydrogen-bond donors (Lipinski definition) is 2. The number of aliphatic hydroxyl groups is 1. The number of aliphatic hydroxyl groups excluding tert-OH is 1. The molecule has 1 heterocycles. The van der Waals surface area contributed by atoms with E-state index in [1.807, 2.05) is 0 Å². The first-order valence-corrected chi connectivity index (χ1v) is 3.76. The van der Waals surface area contributed by atoms with Gasteiger partial charge in [-0.05, 0) is 12.1 Å². The van der Waals surface area contributed by atoms with Crippen LogP contribution in [-0.4, -0.2) is 29.3 Å². The molecule has 0 fully saturated rings. The van der Waals surface area contributed by atoms with Crippen molar-refractivity contribution in [3.63, 3.8) is 0 Å². The molecule has 1 aromatic rings. The number of rotatable bonds is 4.